The van der Waals surface area contributed by atoms with E-state index in [0.29, 0.717) is 48.9 Å². The van der Waals surface area contributed by atoms with Crippen LogP contribution in [-0.4, -0.2) is 73.7 Å². The molecule has 3 rings (SSSR count). The minimum absolute atomic E-state index is 0.0335. The van der Waals surface area contributed by atoms with Gasteiger partial charge in [0.15, 0.2) is 11.5 Å². The summed E-state index contributed by atoms with van der Waals surface area (Å²) in [5, 5.41) is 12.5. The zero-order chi connectivity index (χ0) is 20.8. The van der Waals surface area contributed by atoms with E-state index in [1.807, 2.05) is 4.90 Å². The molecule has 8 nitrogen and oxygen atoms in total. The molecule has 1 saturated heterocycles. The van der Waals surface area contributed by atoms with Crippen LogP contribution in [0.25, 0.3) is 0 Å². The number of carbonyl (C=O) groups is 2. The lowest BCUT2D eigenvalue weighted by Crippen LogP contribution is -2.50. The number of hydrogen-bond donors (Lipinski definition) is 2. The fourth-order valence-corrected chi connectivity index (χ4v) is 3.23. The average molecular weight is 399 g/mol. The summed E-state index contributed by atoms with van der Waals surface area (Å²) < 4.78 is 10.5. The van der Waals surface area contributed by atoms with Crippen molar-refractivity contribution in [2.45, 2.75) is 0 Å². The predicted octanol–water partition coefficient (Wildman–Crippen LogP) is 1.81. The number of hydrogen-bond acceptors (Lipinski definition) is 6. The summed E-state index contributed by atoms with van der Waals surface area (Å²) in [4.78, 5) is 28.8. The Morgan fingerprint density at radius 1 is 1.00 bits per heavy atom. The molecule has 1 fully saturated rings. The van der Waals surface area contributed by atoms with Crippen LogP contribution >= 0.6 is 0 Å². The molecule has 0 atom stereocenters. The summed E-state index contributed by atoms with van der Waals surface area (Å²) in [6.45, 7) is 2.43. The third-order valence-corrected chi connectivity index (χ3v) is 4.84. The minimum atomic E-state index is -0.203. The number of piperazine rings is 1. The van der Waals surface area contributed by atoms with E-state index in [9.17, 15) is 14.7 Å². The number of para-hydroxylation sites is 2. The number of carbonyl (C=O) groups excluding carboxylic acids is 2. The summed E-state index contributed by atoms with van der Waals surface area (Å²) in [6, 6.07) is 11.7. The van der Waals surface area contributed by atoms with Crippen LogP contribution in [0.5, 0.6) is 17.2 Å². The van der Waals surface area contributed by atoms with Crippen molar-refractivity contribution in [1.29, 1.82) is 0 Å². The van der Waals surface area contributed by atoms with Gasteiger partial charge in [-0.15, -0.1) is 0 Å². The van der Waals surface area contributed by atoms with Crippen molar-refractivity contribution in [3.05, 3.63) is 48.0 Å². The van der Waals surface area contributed by atoms with Gasteiger partial charge in [-0.05, 0) is 30.3 Å². The van der Waals surface area contributed by atoms with E-state index in [1.54, 1.807) is 48.4 Å². The van der Waals surface area contributed by atoms with E-state index in [0.717, 1.165) is 0 Å². The zero-order valence-corrected chi connectivity index (χ0v) is 16.6. The number of phenols is 1. The lowest BCUT2D eigenvalue weighted by molar-refractivity contribution is -0.117. The second-order valence-electron chi connectivity index (χ2n) is 6.70. The molecule has 0 aromatic heterocycles. The van der Waals surface area contributed by atoms with Crippen LogP contribution in [-0.2, 0) is 4.79 Å². The first-order valence-corrected chi connectivity index (χ1v) is 9.33. The number of phenolic OH excluding ortho intramolecular Hbond substituents is 1. The molecule has 8 heteroatoms. The van der Waals surface area contributed by atoms with Gasteiger partial charge in [-0.25, -0.2) is 0 Å². The number of ether oxygens (including phenoxy) is 2. The van der Waals surface area contributed by atoms with Crippen LogP contribution < -0.4 is 14.8 Å². The minimum Gasteiger partial charge on any atom is -0.506 e. The predicted molar refractivity (Wildman–Crippen MR) is 109 cm³/mol. The summed E-state index contributed by atoms with van der Waals surface area (Å²) in [5.41, 5.74) is 0.924. The number of methoxy groups -OCH3 is 2. The lowest BCUT2D eigenvalue weighted by Gasteiger charge is -2.34. The van der Waals surface area contributed by atoms with Gasteiger partial charge in [0, 0.05) is 31.7 Å². The molecule has 1 heterocycles. The highest BCUT2D eigenvalue weighted by atomic mass is 16.5. The van der Waals surface area contributed by atoms with Crippen LogP contribution in [0.3, 0.4) is 0 Å². The standard InChI is InChI=1S/C21H25N3O5/c1-28-18-8-7-15(13-19(18)29-2)21(27)24-11-9-23(10-12-24)14-20(26)22-16-5-3-4-6-17(16)25/h3-8,13,25H,9-12,14H2,1-2H3,(H,22,26). The molecular formula is C21H25N3O5. The third kappa shape index (κ3) is 4.97. The molecule has 2 aromatic rings. The van der Waals surface area contributed by atoms with Crippen molar-refractivity contribution in [3.8, 4) is 17.2 Å². The molecule has 154 valence electrons. The highest BCUT2D eigenvalue weighted by Crippen LogP contribution is 2.28. The Bertz CT molecular complexity index is 878. The van der Waals surface area contributed by atoms with Gasteiger partial charge in [0.05, 0.1) is 26.5 Å². The van der Waals surface area contributed by atoms with E-state index in [2.05, 4.69) is 5.32 Å². The maximum atomic E-state index is 12.8. The van der Waals surface area contributed by atoms with Crippen molar-refractivity contribution in [3.63, 3.8) is 0 Å². The highest BCUT2D eigenvalue weighted by Gasteiger charge is 2.24. The molecule has 0 unspecified atom stereocenters. The molecule has 1 aliphatic rings. The second kappa shape index (κ2) is 9.29. The summed E-state index contributed by atoms with van der Waals surface area (Å²) >= 11 is 0. The molecular weight excluding hydrogens is 374 g/mol. The van der Waals surface area contributed by atoms with Crippen molar-refractivity contribution in [2.75, 3.05) is 52.3 Å². The van der Waals surface area contributed by atoms with Crippen LogP contribution in [0.4, 0.5) is 5.69 Å². The number of nitrogens with one attached hydrogen (secondary N) is 1. The van der Waals surface area contributed by atoms with Gasteiger partial charge in [0.25, 0.3) is 5.91 Å². The molecule has 0 aliphatic carbocycles. The summed E-state index contributed by atoms with van der Waals surface area (Å²) in [7, 11) is 3.08. The van der Waals surface area contributed by atoms with Gasteiger partial charge in [0.1, 0.15) is 5.75 Å². The van der Waals surface area contributed by atoms with Gasteiger partial charge in [-0.1, -0.05) is 12.1 Å². The lowest BCUT2D eigenvalue weighted by atomic mass is 10.1. The quantitative estimate of drug-likeness (QED) is 0.720. The average Bonchev–Trinajstić information content (AvgIpc) is 2.75. The van der Waals surface area contributed by atoms with Crippen molar-refractivity contribution in [1.82, 2.24) is 9.80 Å². The topological polar surface area (TPSA) is 91.3 Å². The fraction of sp³-hybridized carbons (Fsp3) is 0.333. The van der Waals surface area contributed by atoms with E-state index < -0.39 is 0 Å². The number of rotatable bonds is 6. The van der Waals surface area contributed by atoms with Gasteiger partial charge >= 0.3 is 0 Å². The number of nitrogens with zero attached hydrogens (tertiary/aromatic N) is 2. The van der Waals surface area contributed by atoms with Crippen LogP contribution in [0.15, 0.2) is 42.5 Å². The van der Waals surface area contributed by atoms with Gasteiger partial charge in [-0.2, -0.15) is 0 Å². The number of amides is 2. The Hall–Kier alpha value is -3.26. The smallest absolute Gasteiger partial charge is 0.254 e. The Morgan fingerprint density at radius 2 is 1.69 bits per heavy atom. The van der Waals surface area contributed by atoms with E-state index in [-0.39, 0.29) is 24.1 Å². The number of anilines is 1. The first kappa shape index (κ1) is 20.5. The second-order valence-corrected chi connectivity index (χ2v) is 6.70. The van der Waals surface area contributed by atoms with E-state index in [1.165, 1.54) is 13.2 Å². The maximum Gasteiger partial charge on any atom is 0.254 e. The fourth-order valence-electron chi connectivity index (χ4n) is 3.23. The molecule has 1 aliphatic heterocycles. The Balaban J connectivity index is 1.53. The third-order valence-electron chi connectivity index (χ3n) is 4.84. The van der Waals surface area contributed by atoms with Crippen molar-refractivity contribution < 1.29 is 24.2 Å². The zero-order valence-electron chi connectivity index (χ0n) is 16.6. The molecule has 0 bridgehead atoms. The molecule has 2 aromatic carbocycles. The molecule has 0 radical (unpaired) electrons. The number of benzene rings is 2. The largest absolute Gasteiger partial charge is 0.506 e. The van der Waals surface area contributed by atoms with Gasteiger partial charge in [-0.3, -0.25) is 14.5 Å². The Morgan fingerprint density at radius 3 is 2.34 bits per heavy atom. The number of aromatic hydroxyl groups is 1. The van der Waals surface area contributed by atoms with Gasteiger partial charge in [0.2, 0.25) is 5.91 Å². The van der Waals surface area contributed by atoms with Gasteiger partial charge < -0.3 is 24.8 Å². The van der Waals surface area contributed by atoms with Crippen LogP contribution in [0, 0.1) is 0 Å². The van der Waals surface area contributed by atoms with Crippen molar-refractivity contribution >= 4 is 17.5 Å². The Labute approximate surface area is 169 Å². The summed E-state index contributed by atoms with van der Waals surface area (Å²) in [6.07, 6.45) is 0. The van der Waals surface area contributed by atoms with E-state index in [4.69, 9.17) is 9.47 Å². The molecule has 0 saturated carbocycles. The monoisotopic (exact) mass is 399 g/mol. The SMILES string of the molecule is COc1ccc(C(=O)N2CCN(CC(=O)Nc3ccccc3O)CC2)cc1OC. The molecule has 0 spiro atoms. The first-order valence-electron chi connectivity index (χ1n) is 9.33. The molecule has 2 amide bonds. The molecule has 29 heavy (non-hydrogen) atoms. The maximum absolute atomic E-state index is 12.8. The highest BCUT2D eigenvalue weighted by molar-refractivity contribution is 5.95. The first-order chi connectivity index (χ1) is 14.0. The molecule has 2 N–H and O–H groups in total. The summed E-state index contributed by atoms with van der Waals surface area (Å²) in [5.74, 6) is 0.837. The van der Waals surface area contributed by atoms with Crippen LogP contribution in [0.1, 0.15) is 10.4 Å². The van der Waals surface area contributed by atoms with Crippen LogP contribution in [0.2, 0.25) is 0 Å². The normalized spacial score (nSPS) is 14.3. The Kier molecular flexibility index (Phi) is 6.56. The van der Waals surface area contributed by atoms with E-state index >= 15 is 0 Å². The van der Waals surface area contributed by atoms with Crippen molar-refractivity contribution in [2.24, 2.45) is 0 Å².